The maximum absolute atomic E-state index is 12.7. The van der Waals surface area contributed by atoms with Crippen LogP contribution < -0.4 is 5.32 Å². The molecule has 1 unspecified atom stereocenters. The van der Waals surface area contributed by atoms with Gasteiger partial charge >= 0.3 is 12.1 Å². The van der Waals surface area contributed by atoms with Crippen LogP contribution in [0.2, 0.25) is 0 Å². The molecular weight excluding hydrogens is 556 g/mol. The van der Waals surface area contributed by atoms with Gasteiger partial charge in [0.25, 0.3) is 0 Å². The van der Waals surface area contributed by atoms with Gasteiger partial charge in [0.1, 0.15) is 12.0 Å². The zero-order valence-electron chi connectivity index (χ0n) is 22.6. The lowest BCUT2D eigenvalue weighted by molar-refractivity contribution is -0.137. The smallest absolute Gasteiger partial charge is 0.412 e. The second kappa shape index (κ2) is 13.3. The number of nitrogens with one attached hydrogen (secondary N) is 1. The van der Waals surface area contributed by atoms with Crippen molar-refractivity contribution in [3.05, 3.63) is 132 Å². The topological polar surface area (TPSA) is 88.5 Å². The highest BCUT2D eigenvalue weighted by molar-refractivity contribution is 7.10. The molecule has 8 heteroatoms. The number of hydrogen-bond donors (Lipinski definition) is 2. The fraction of sp³-hybridized carbons (Fsp3) is 0.121. The van der Waals surface area contributed by atoms with E-state index < -0.39 is 24.1 Å². The van der Waals surface area contributed by atoms with Gasteiger partial charge < -0.3 is 9.84 Å². The van der Waals surface area contributed by atoms with E-state index in [0.717, 1.165) is 27.1 Å². The summed E-state index contributed by atoms with van der Waals surface area (Å²) >= 11 is 7.32. The number of allylic oxidation sites excluding steroid dienone is 2. The van der Waals surface area contributed by atoms with Crippen molar-refractivity contribution >= 4 is 40.9 Å². The summed E-state index contributed by atoms with van der Waals surface area (Å²) in [7, 11) is 0. The fourth-order valence-electron chi connectivity index (χ4n) is 4.45. The van der Waals surface area contributed by atoms with Crippen LogP contribution in [0.4, 0.5) is 10.5 Å². The van der Waals surface area contributed by atoms with Gasteiger partial charge in [-0.15, -0.1) is 0 Å². The zero-order chi connectivity index (χ0) is 29.5. The van der Waals surface area contributed by atoms with Gasteiger partial charge in [-0.05, 0) is 53.2 Å². The molecular formula is C33H29ClN2O4S. The number of nitrogens with zero attached hydrogens (tertiary/aromatic N) is 1. The minimum atomic E-state index is -0.894. The van der Waals surface area contributed by atoms with Crippen molar-refractivity contribution in [1.82, 2.24) is 4.37 Å². The first-order valence-electron chi connectivity index (χ1n) is 12.8. The predicted octanol–water partition coefficient (Wildman–Crippen LogP) is 8.80. The van der Waals surface area contributed by atoms with Gasteiger partial charge in [0.2, 0.25) is 0 Å². The van der Waals surface area contributed by atoms with E-state index in [4.69, 9.17) is 16.3 Å². The molecule has 2 N–H and O–H groups in total. The van der Waals surface area contributed by atoms with Crippen LogP contribution in [-0.4, -0.2) is 27.6 Å². The summed E-state index contributed by atoms with van der Waals surface area (Å²) in [6.45, 7) is 10.9. The Kier molecular flexibility index (Phi) is 9.55. The van der Waals surface area contributed by atoms with Crippen molar-refractivity contribution in [3.8, 4) is 21.6 Å². The first-order valence-corrected chi connectivity index (χ1v) is 13.9. The molecule has 0 aliphatic heterocycles. The molecule has 0 bridgehead atoms. The second-order valence-electron chi connectivity index (χ2n) is 9.29. The fourth-order valence-corrected chi connectivity index (χ4v) is 5.52. The van der Waals surface area contributed by atoms with E-state index in [0.29, 0.717) is 22.5 Å². The highest BCUT2D eigenvalue weighted by Crippen LogP contribution is 2.36. The number of carboxylic acids is 1. The Morgan fingerprint density at radius 2 is 1.54 bits per heavy atom. The summed E-state index contributed by atoms with van der Waals surface area (Å²) in [5.74, 6) is -1.63. The van der Waals surface area contributed by atoms with Crippen molar-refractivity contribution < 1.29 is 19.4 Å². The summed E-state index contributed by atoms with van der Waals surface area (Å²) < 4.78 is 9.95. The van der Waals surface area contributed by atoms with Gasteiger partial charge in [0.05, 0.1) is 16.3 Å². The van der Waals surface area contributed by atoms with Crippen LogP contribution in [0.15, 0.2) is 115 Å². The van der Waals surface area contributed by atoms with E-state index >= 15 is 0 Å². The maximum Gasteiger partial charge on any atom is 0.412 e. The highest BCUT2D eigenvalue weighted by Gasteiger charge is 2.22. The molecule has 0 saturated heterocycles. The third-order valence-electron chi connectivity index (χ3n) is 6.53. The summed E-state index contributed by atoms with van der Waals surface area (Å²) in [5, 5.41) is 12.9. The third-order valence-corrected chi connectivity index (χ3v) is 7.73. The largest absolute Gasteiger partial charge is 0.481 e. The van der Waals surface area contributed by atoms with Gasteiger partial charge in [0, 0.05) is 10.6 Å². The van der Waals surface area contributed by atoms with E-state index in [-0.39, 0.29) is 5.03 Å². The number of ether oxygens (including phenoxy) is 1. The number of aliphatic carboxylic acids is 1. The molecule has 0 aliphatic rings. The molecule has 4 rings (SSSR count). The van der Waals surface area contributed by atoms with Crippen molar-refractivity contribution in [2.24, 2.45) is 0 Å². The molecule has 4 aromatic rings. The molecule has 0 saturated carbocycles. The lowest BCUT2D eigenvalue weighted by Gasteiger charge is -2.17. The summed E-state index contributed by atoms with van der Waals surface area (Å²) in [5.41, 5.74) is 6.06. The minimum Gasteiger partial charge on any atom is -0.481 e. The van der Waals surface area contributed by atoms with E-state index in [1.165, 1.54) is 11.5 Å². The number of halogens is 1. The summed E-state index contributed by atoms with van der Waals surface area (Å²) in [6.07, 6.45) is 1.94. The van der Waals surface area contributed by atoms with Gasteiger partial charge in [-0.2, -0.15) is 4.37 Å². The van der Waals surface area contributed by atoms with Crippen LogP contribution in [-0.2, 0) is 9.53 Å². The Morgan fingerprint density at radius 3 is 2.10 bits per heavy atom. The highest BCUT2D eigenvalue weighted by atomic mass is 35.5. The first-order chi connectivity index (χ1) is 19.7. The zero-order valence-corrected chi connectivity index (χ0v) is 24.2. The SMILES string of the molecule is C=C/C=C(\C(=C)Cl)[C@@H](C)OC(=O)Nc1c(C)nsc1-c1ccc(-c2ccc(C(C(=O)O)c3ccccc3)cc2)cc1. The Morgan fingerprint density at radius 1 is 0.976 bits per heavy atom. The average molecular weight is 585 g/mol. The number of rotatable bonds is 10. The Hall–Kier alpha value is -4.46. The van der Waals surface area contributed by atoms with E-state index in [1.54, 1.807) is 19.1 Å². The Labute approximate surface area is 248 Å². The number of aryl methyl sites for hydroxylation is 1. The number of benzene rings is 3. The van der Waals surface area contributed by atoms with E-state index in [1.807, 2.05) is 85.8 Å². The number of hydrogen-bond acceptors (Lipinski definition) is 5. The maximum atomic E-state index is 12.7. The van der Waals surface area contributed by atoms with Crippen molar-refractivity contribution in [3.63, 3.8) is 0 Å². The van der Waals surface area contributed by atoms with Crippen molar-refractivity contribution in [2.75, 3.05) is 5.32 Å². The van der Waals surface area contributed by atoms with Crippen LogP contribution in [0.25, 0.3) is 21.6 Å². The number of carbonyl (C=O) groups excluding carboxylic acids is 1. The molecule has 0 radical (unpaired) electrons. The normalized spacial score (nSPS) is 12.7. The predicted molar refractivity (Wildman–Crippen MR) is 166 cm³/mol. The molecule has 0 spiro atoms. The number of anilines is 1. The Bertz CT molecular complexity index is 1590. The molecule has 1 amide bonds. The standard InChI is InChI=1S/C33H29ClN2O4S/c1-5-9-28(20(2)34)22(4)40-33(39)35-30-21(3)36-41-31(30)27-18-14-24(15-19-27)23-12-16-26(17-13-23)29(32(37)38)25-10-7-6-8-11-25/h5-19,22,29H,1-2H2,3-4H3,(H,35,39)(H,37,38)/b28-9+/t22-,29?/m1/s1. The molecule has 2 atom stereocenters. The number of carbonyl (C=O) groups is 2. The molecule has 0 fully saturated rings. The van der Waals surface area contributed by atoms with Crippen LogP contribution >= 0.6 is 23.1 Å². The molecule has 208 valence electrons. The van der Waals surface area contributed by atoms with Gasteiger partial charge in [-0.3, -0.25) is 10.1 Å². The van der Waals surface area contributed by atoms with E-state index in [2.05, 4.69) is 22.8 Å². The van der Waals surface area contributed by atoms with Crippen molar-refractivity contribution in [2.45, 2.75) is 25.9 Å². The molecule has 1 heterocycles. The van der Waals surface area contributed by atoms with Crippen LogP contribution in [0.1, 0.15) is 29.7 Å². The van der Waals surface area contributed by atoms with Crippen LogP contribution in [0.3, 0.4) is 0 Å². The van der Waals surface area contributed by atoms with Gasteiger partial charge in [-0.25, -0.2) is 4.79 Å². The molecule has 41 heavy (non-hydrogen) atoms. The minimum absolute atomic E-state index is 0.270. The number of carboxylic acid groups (broad SMARTS) is 1. The monoisotopic (exact) mass is 584 g/mol. The summed E-state index contributed by atoms with van der Waals surface area (Å²) in [6, 6.07) is 24.6. The lowest BCUT2D eigenvalue weighted by atomic mass is 9.90. The molecule has 0 aliphatic carbocycles. The summed E-state index contributed by atoms with van der Waals surface area (Å²) in [4.78, 5) is 25.5. The molecule has 1 aromatic heterocycles. The quantitative estimate of drug-likeness (QED) is 0.182. The van der Waals surface area contributed by atoms with Crippen LogP contribution in [0.5, 0.6) is 0 Å². The third kappa shape index (κ3) is 7.01. The average Bonchev–Trinajstić information content (AvgIpc) is 3.31. The van der Waals surface area contributed by atoms with Crippen molar-refractivity contribution in [1.29, 1.82) is 0 Å². The van der Waals surface area contributed by atoms with E-state index in [9.17, 15) is 14.7 Å². The Balaban J connectivity index is 1.51. The van der Waals surface area contributed by atoms with Gasteiger partial charge in [-0.1, -0.05) is 116 Å². The number of aromatic nitrogens is 1. The first kappa shape index (κ1) is 29.5. The lowest BCUT2D eigenvalue weighted by Crippen LogP contribution is -2.22. The molecule has 3 aromatic carbocycles. The van der Waals surface area contributed by atoms with Gasteiger partial charge in [0.15, 0.2) is 0 Å². The van der Waals surface area contributed by atoms with Crippen LogP contribution in [0, 0.1) is 6.92 Å². The molecule has 6 nitrogen and oxygen atoms in total. The second-order valence-corrected chi connectivity index (χ2v) is 10.5. The number of amides is 1.